The molecule has 2 N–H and O–H groups in total. The summed E-state index contributed by atoms with van der Waals surface area (Å²) in [7, 11) is 1.57. The van der Waals surface area contributed by atoms with Crippen LogP contribution in [0.3, 0.4) is 0 Å². The van der Waals surface area contributed by atoms with Gasteiger partial charge in [0.15, 0.2) is 0 Å². The summed E-state index contributed by atoms with van der Waals surface area (Å²) in [4.78, 5) is 26.9. The summed E-state index contributed by atoms with van der Waals surface area (Å²) >= 11 is 0. The van der Waals surface area contributed by atoms with Crippen molar-refractivity contribution in [1.29, 1.82) is 0 Å². The predicted molar refractivity (Wildman–Crippen MR) is 67.1 cm³/mol. The number of hydrogen-bond acceptors (Lipinski definition) is 4. The van der Waals surface area contributed by atoms with Gasteiger partial charge in [-0.1, -0.05) is 0 Å². The van der Waals surface area contributed by atoms with Crippen molar-refractivity contribution in [1.82, 2.24) is 14.8 Å². The molecular weight excluding hydrogens is 248 g/mol. The molecule has 0 aliphatic heterocycles. The van der Waals surface area contributed by atoms with E-state index in [1.807, 2.05) is 0 Å². The first-order valence-corrected chi connectivity index (χ1v) is 5.49. The maximum Gasteiger partial charge on any atom is 0.341 e. The van der Waals surface area contributed by atoms with Crippen molar-refractivity contribution in [2.24, 2.45) is 7.05 Å². The number of rotatable bonds is 3. The van der Waals surface area contributed by atoms with Crippen molar-refractivity contribution in [2.75, 3.05) is 5.32 Å². The molecule has 7 heteroatoms. The maximum absolute atomic E-state index is 12.0. The summed E-state index contributed by atoms with van der Waals surface area (Å²) in [5.74, 6) is -1.38. The van der Waals surface area contributed by atoms with Crippen LogP contribution >= 0.6 is 0 Å². The van der Waals surface area contributed by atoms with Crippen molar-refractivity contribution in [3.05, 3.63) is 41.3 Å². The van der Waals surface area contributed by atoms with Gasteiger partial charge in [0.05, 0.1) is 5.69 Å². The molecule has 0 aliphatic carbocycles. The van der Waals surface area contributed by atoms with Crippen LogP contribution in [0.15, 0.2) is 24.5 Å². The van der Waals surface area contributed by atoms with Gasteiger partial charge in [-0.05, 0) is 19.1 Å². The molecule has 98 valence electrons. The van der Waals surface area contributed by atoms with E-state index in [1.165, 1.54) is 17.1 Å². The van der Waals surface area contributed by atoms with Gasteiger partial charge in [0, 0.05) is 25.0 Å². The van der Waals surface area contributed by atoms with Crippen LogP contribution in [0.4, 0.5) is 5.82 Å². The largest absolute Gasteiger partial charge is 0.477 e. The number of carboxylic acid groups (broad SMARTS) is 1. The number of carbonyl (C=O) groups is 2. The van der Waals surface area contributed by atoms with E-state index in [9.17, 15) is 9.59 Å². The second kappa shape index (κ2) is 4.89. The van der Waals surface area contributed by atoms with Crippen molar-refractivity contribution in [2.45, 2.75) is 6.92 Å². The second-order valence-electron chi connectivity index (χ2n) is 3.93. The zero-order valence-corrected chi connectivity index (χ0v) is 10.4. The molecule has 0 spiro atoms. The van der Waals surface area contributed by atoms with Crippen LogP contribution in [0.1, 0.15) is 26.4 Å². The third-order valence-electron chi connectivity index (χ3n) is 2.61. The van der Waals surface area contributed by atoms with E-state index in [2.05, 4.69) is 15.4 Å². The SMILES string of the molecule is Cc1nn(C)c(NC(=O)c2ccncc2)c1C(=O)O. The number of nitrogens with one attached hydrogen (secondary N) is 1. The van der Waals surface area contributed by atoms with Gasteiger partial charge in [0.25, 0.3) is 5.91 Å². The molecule has 19 heavy (non-hydrogen) atoms. The summed E-state index contributed by atoms with van der Waals surface area (Å²) in [5, 5.41) is 15.7. The third kappa shape index (κ3) is 2.44. The van der Waals surface area contributed by atoms with E-state index < -0.39 is 11.9 Å². The monoisotopic (exact) mass is 260 g/mol. The number of carbonyl (C=O) groups excluding carboxylic acids is 1. The standard InChI is InChI=1S/C12H12N4O3/c1-7-9(12(18)19)10(16(2)15-7)14-11(17)8-3-5-13-6-4-8/h3-6H,1-2H3,(H,14,17)(H,18,19). The number of anilines is 1. The Bertz CT molecular complexity index is 634. The summed E-state index contributed by atoms with van der Waals surface area (Å²) in [5.41, 5.74) is 0.732. The van der Waals surface area contributed by atoms with Gasteiger partial charge in [-0.25, -0.2) is 4.79 Å². The Balaban J connectivity index is 2.34. The van der Waals surface area contributed by atoms with Gasteiger partial charge in [-0.3, -0.25) is 14.5 Å². The van der Waals surface area contributed by atoms with Crippen molar-refractivity contribution < 1.29 is 14.7 Å². The quantitative estimate of drug-likeness (QED) is 0.860. The number of aromatic carboxylic acids is 1. The Morgan fingerprint density at radius 3 is 2.53 bits per heavy atom. The Morgan fingerprint density at radius 2 is 1.95 bits per heavy atom. The molecule has 0 saturated carbocycles. The van der Waals surface area contributed by atoms with E-state index in [4.69, 9.17) is 5.11 Å². The fourth-order valence-electron chi connectivity index (χ4n) is 1.74. The van der Waals surface area contributed by atoms with E-state index in [0.29, 0.717) is 11.3 Å². The first-order chi connectivity index (χ1) is 9.00. The fraction of sp³-hybridized carbons (Fsp3) is 0.167. The third-order valence-corrected chi connectivity index (χ3v) is 2.61. The highest BCUT2D eigenvalue weighted by atomic mass is 16.4. The minimum atomic E-state index is -1.13. The van der Waals surface area contributed by atoms with Crippen LogP contribution in [-0.4, -0.2) is 31.7 Å². The molecule has 7 nitrogen and oxygen atoms in total. The van der Waals surface area contributed by atoms with Gasteiger partial charge < -0.3 is 10.4 Å². The molecule has 2 heterocycles. The van der Waals surface area contributed by atoms with Crippen LogP contribution in [0.5, 0.6) is 0 Å². The van der Waals surface area contributed by atoms with Gasteiger partial charge >= 0.3 is 5.97 Å². The van der Waals surface area contributed by atoms with Crippen molar-refractivity contribution >= 4 is 17.7 Å². The number of aryl methyl sites for hydroxylation is 2. The highest BCUT2D eigenvalue weighted by Crippen LogP contribution is 2.19. The average Bonchev–Trinajstić information content (AvgIpc) is 2.65. The molecule has 0 aromatic carbocycles. The molecular formula is C12H12N4O3. The van der Waals surface area contributed by atoms with Gasteiger partial charge in [0.2, 0.25) is 0 Å². The Hall–Kier alpha value is -2.70. The molecule has 0 unspecified atom stereocenters. The normalized spacial score (nSPS) is 10.2. The lowest BCUT2D eigenvalue weighted by atomic mass is 10.2. The van der Waals surface area contributed by atoms with Crippen molar-refractivity contribution in [3.63, 3.8) is 0 Å². The zero-order chi connectivity index (χ0) is 14.0. The smallest absolute Gasteiger partial charge is 0.341 e. The summed E-state index contributed by atoms with van der Waals surface area (Å²) in [6.45, 7) is 1.57. The molecule has 0 atom stereocenters. The van der Waals surface area contributed by atoms with Crippen LogP contribution in [0, 0.1) is 6.92 Å². The Labute approximate surface area is 108 Å². The molecule has 0 radical (unpaired) electrons. The second-order valence-corrected chi connectivity index (χ2v) is 3.93. The first-order valence-electron chi connectivity index (χ1n) is 5.49. The van der Waals surface area contributed by atoms with Crippen LogP contribution in [-0.2, 0) is 7.05 Å². The topological polar surface area (TPSA) is 97.1 Å². The molecule has 0 fully saturated rings. The predicted octanol–water partition coefficient (Wildman–Crippen LogP) is 1.07. The van der Waals surface area contributed by atoms with Gasteiger partial charge in [0.1, 0.15) is 11.4 Å². The zero-order valence-electron chi connectivity index (χ0n) is 10.4. The summed E-state index contributed by atoms with van der Waals surface area (Å²) < 4.78 is 1.33. The van der Waals surface area contributed by atoms with E-state index in [1.54, 1.807) is 26.1 Å². The lowest BCUT2D eigenvalue weighted by molar-refractivity contribution is 0.0697. The Kier molecular flexibility index (Phi) is 3.28. The minimum Gasteiger partial charge on any atom is -0.477 e. The lowest BCUT2D eigenvalue weighted by Gasteiger charge is -2.06. The molecule has 0 bridgehead atoms. The average molecular weight is 260 g/mol. The van der Waals surface area contributed by atoms with Gasteiger partial charge in [-0.15, -0.1) is 0 Å². The maximum atomic E-state index is 12.0. The van der Waals surface area contributed by atoms with Crippen LogP contribution in [0.2, 0.25) is 0 Å². The molecule has 2 aromatic rings. The Morgan fingerprint density at radius 1 is 1.32 bits per heavy atom. The summed E-state index contributed by atoms with van der Waals surface area (Å²) in [6.07, 6.45) is 2.98. The fourth-order valence-corrected chi connectivity index (χ4v) is 1.74. The molecule has 2 aromatic heterocycles. The van der Waals surface area contributed by atoms with Crippen LogP contribution in [0.25, 0.3) is 0 Å². The number of hydrogen-bond donors (Lipinski definition) is 2. The number of nitrogens with zero attached hydrogens (tertiary/aromatic N) is 3. The van der Waals surface area contributed by atoms with Crippen molar-refractivity contribution in [3.8, 4) is 0 Å². The molecule has 0 saturated heterocycles. The van der Waals surface area contributed by atoms with E-state index in [0.717, 1.165) is 0 Å². The highest BCUT2D eigenvalue weighted by molar-refractivity contribution is 6.07. The molecule has 0 aliphatic rings. The molecule has 2 rings (SSSR count). The number of pyridine rings is 1. The highest BCUT2D eigenvalue weighted by Gasteiger charge is 2.21. The van der Waals surface area contributed by atoms with E-state index >= 15 is 0 Å². The van der Waals surface area contributed by atoms with Gasteiger partial charge in [-0.2, -0.15) is 5.10 Å². The molecule has 1 amide bonds. The number of amides is 1. The summed E-state index contributed by atoms with van der Waals surface area (Å²) in [6, 6.07) is 3.08. The first kappa shape index (κ1) is 12.7. The number of aromatic nitrogens is 3. The minimum absolute atomic E-state index is 0.00935. The number of carboxylic acids is 1. The lowest BCUT2D eigenvalue weighted by Crippen LogP contribution is -2.16. The van der Waals surface area contributed by atoms with Crippen LogP contribution < -0.4 is 5.32 Å². The van der Waals surface area contributed by atoms with E-state index in [-0.39, 0.29) is 11.4 Å².